The molecular weight excluding hydrogens is 378 g/mol. The molecule has 0 bridgehead atoms. The molecule has 1 fully saturated rings. The second kappa shape index (κ2) is 7.37. The fourth-order valence-electron chi connectivity index (χ4n) is 2.72. The third-order valence-corrected chi connectivity index (χ3v) is 4.83. The van der Waals surface area contributed by atoms with Crippen LogP contribution in [0.25, 0.3) is 0 Å². The van der Waals surface area contributed by atoms with Crippen LogP contribution in [0.4, 0.5) is 5.69 Å². The molecule has 1 amide bonds. The maximum atomic E-state index is 12.5. The molecule has 0 radical (unpaired) electrons. The Bertz CT molecular complexity index is 714. The summed E-state index contributed by atoms with van der Waals surface area (Å²) in [4.78, 5) is 12.5. The Morgan fingerprint density at radius 3 is 2.70 bits per heavy atom. The van der Waals surface area contributed by atoms with E-state index in [1.54, 1.807) is 18.2 Å². The minimum atomic E-state index is -0.221. The van der Waals surface area contributed by atoms with Crippen molar-refractivity contribution in [1.29, 1.82) is 0 Å². The molecule has 120 valence electrons. The summed E-state index contributed by atoms with van der Waals surface area (Å²) >= 11 is 9.37. The number of anilines is 1. The summed E-state index contributed by atoms with van der Waals surface area (Å²) < 4.78 is 6.75. The molecule has 0 unspecified atom stereocenters. The summed E-state index contributed by atoms with van der Waals surface area (Å²) in [6, 6.07) is 12.7. The SMILES string of the molecule is O=C(Nc1ccccc1OC1CCCC1)c1cc(Cl)ccc1Br. The van der Waals surface area contributed by atoms with Crippen LogP contribution in [0.2, 0.25) is 5.02 Å². The van der Waals surface area contributed by atoms with Gasteiger partial charge in [-0.05, 0) is 71.9 Å². The Balaban J connectivity index is 1.79. The minimum Gasteiger partial charge on any atom is -0.488 e. The first kappa shape index (κ1) is 16.3. The van der Waals surface area contributed by atoms with Gasteiger partial charge in [0.15, 0.2) is 0 Å². The third-order valence-electron chi connectivity index (χ3n) is 3.90. The molecule has 0 aliphatic heterocycles. The van der Waals surface area contributed by atoms with Gasteiger partial charge in [0.1, 0.15) is 5.75 Å². The van der Waals surface area contributed by atoms with Crippen molar-refractivity contribution < 1.29 is 9.53 Å². The summed E-state index contributed by atoms with van der Waals surface area (Å²) in [5.41, 5.74) is 1.17. The van der Waals surface area contributed by atoms with Crippen molar-refractivity contribution in [3.8, 4) is 5.75 Å². The minimum absolute atomic E-state index is 0.221. The molecule has 1 aliphatic rings. The van der Waals surface area contributed by atoms with Crippen LogP contribution >= 0.6 is 27.5 Å². The quantitative estimate of drug-likeness (QED) is 0.725. The lowest BCUT2D eigenvalue weighted by atomic mass is 10.2. The molecule has 0 atom stereocenters. The van der Waals surface area contributed by atoms with Crippen molar-refractivity contribution in [3.05, 3.63) is 57.5 Å². The van der Waals surface area contributed by atoms with E-state index < -0.39 is 0 Å². The molecule has 0 saturated heterocycles. The highest BCUT2D eigenvalue weighted by molar-refractivity contribution is 9.10. The number of carbonyl (C=O) groups excluding carboxylic acids is 1. The molecule has 0 spiro atoms. The van der Waals surface area contributed by atoms with Crippen LogP contribution in [-0.4, -0.2) is 12.0 Å². The third kappa shape index (κ3) is 4.06. The molecule has 5 heteroatoms. The predicted octanol–water partition coefficient (Wildman–Crippen LogP) is 5.68. The first-order valence-electron chi connectivity index (χ1n) is 7.65. The molecule has 1 saturated carbocycles. The highest BCUT2D eigenvalue weighted by atomic mass is 79.9. The van der Waals surface area contributed by atoms with E-state index >= 15 is 0 Å². The topological polar surface area (TPSA) is 38.3 Å². The average molecular weight is 395 g/mol. The van der Waals surface area contributed by atoms with Gasteiger partial charge in [0.05, 0.1) is 17.4 Å². The second-order valence-electron chi connectivity index (χ2n) is 5.60. The summed E-state index contributed by atoms with van der Waals surface area (Å²) in [6.07, 6.45) is 4.79. The standard InChI is InChI=1S/C18H17BrClNO2/c19-15-10-9-12(20)11-14(15)18(22)21-16-7-3-4-8-17(16)23-13-5-1-2-6-13/h3-4,7-11,13H,1-2,5-6H2,(H,21,22). The monoisotopic (exact) mass is 393 g/mol. The molecule has 2 aromatic rings. The largest absolute Gasteiger partial charge is 0.488 e. The predicted molar refractivity (Wildman–Crippen MR) is 96.4 cm³/mol. The van der Waals surface area contributed by atoms with Gasteiger partial charge in [0.2, 0.25) is 0 Å². The van der Waals surface area contributed by atoms with Crippen LogP contribution in [0, 0.1) is 0 Å². The Hall–Kier alpha value is -1.52. The molecular formula is C18H17BrClNO2. The summed E-state index contributed by atoms with van der Waals surface area (Å²) in [6.45, 7) is 0. The van der Waals surface area contributed by atoms with Crippen LogP contribution in [-0.2, 0) is 0 Å². The Labute approximate surface area is 149 Å². The Morgan fingerprint density at radius 2 is 1.91 bits per heavy atom. The second-order valence-corrected chi connectivity index (χ2v) is 6.89. The van der Waals surface area contributed by atoms with E-state index in [2.05, 4.69) is 21.2 Å². The number of rotatable bonds is 4. The first-order valence-corrected chi connectivity index (χ1v) is 8.82. The number of amides is 1. The zero-order valence-electron chi connectivity index (χ0n) is 12.5. The lowest BCUT2D eigenvalue weighted by molar-refractivity contribution is 0.102. The smallest absolute Gasteiger partial charge is 0.256 e. The van der Waals surface area contributed by atoms with Crippen LogP contribution < -0.4 is 10.1 Å². The molecule has 1 aliphatic carbocycles. The maximum Gasteiger partial charge on any atom is 0.256 e. The van der Waals surface area contributed by atoms with Crippen molar-refractivity contribution in [1.82, 2.24) is 0 Å². The highest BCUT2D eigenvalue weighted by Crippen LogP contribution is 2.30. The lowest BCUT2D eigenvalue weighted by Gasteiger charge is -2.17. The fourth-order valence-corrected chi connectivity index (χ4v) is 3.32. The Morgan fingerprint density at radius 1 is 1.17 bits per heavy atom. The zero-order valence-corrected chi connectivity index (χ0v) is 14.9. The van der Waals surface area contributed by atoms with Gasteiger partial charge in [-0.2, -0.15) is 0 Å². The molecule has 0 aromatic heterocycles. The van der Waals surface area contributed by atoms with Crippen molar-refractivity contribution in [2.24, 2.45) is 0 Å². The number of carbonyl (C=O) groups is 1. The average Bonchev–Trinajstić information content (AvgIpc) is 3.04. The van der Waals surface area contributed by atoms with Crippen molar-refractivity contribution >= 4 is 39.1 Å². The molecule has 23 heavy (non-hydrogen) atoms. The van der Waals surface area contributed by atoms with Gasteiger partial charge in [-0.1, -0.05) is 23.7 Å². The number of hydrogen-bond donors (Lipinski definition) is 1. The van der Waals surface area contributed by atoms with Crippen LogP contribution in [0.5, 0.6) is 5.75 Å². The highest BCUT2D eigenvalue weighted by Gasteiger charge is 2.19. The van der Waals surface area contributed by atoms with E-state index in [4.69, 9.17) is 16.3 Å². The van der Waals surface area contributed by atoms with E-state index in [1.807, 2.05) is 24.3 Å². The van der Waals surface area contributed by atoms with Gasteiger partial charge >= 0.3 is 0 Å². The Kier molecular flexibility index (Phi) is 5.23. The van der Waals surface area contributed by atoms with Gasteiger partial charge in [-0.25, -0.2) is 0 Å². The maximum absolute atomic E-state index is 12.5. The fraction of sp³-hybridized carbons (Fsp3) is 0.278. The van der Waals surface area contributed by atoms with Crippen LogP contribution in [0.15, 0.2) is 46.9 Å². The zero-order chi connectivity index (χ0) is 16.2. The number of nitrogens with one attached hydrogen (secondary N) is 1. The van der Waals surface area contributed by atoms with Gasteiger partial charge in [-0.3, -0.25) is 4.79 Å². The van der Waals surface area contributed by atoms with Gasteiger partial charge < -0.3 is 10.1 Å². The number of benzene rings is 2. The number of hydrogen-bond acceptors (Lipinski definition) is 2. The molecule has 3 nitrogen and oxygen atoms in total. The summed E-state index contributed by atoms with van der Waals surface area (Å²) in [5.74, 6) is 0.493. The molecule has 0 heterocycles. The molecule has 3 rings (SSSR count). The van der Waals surface area contributed by atoms with Gasteiger partial charge in [-0.15, -0.1) is 0 Å². The summed E-state index contributed by atoms with van der Waals surface area (Å²) in [7, 11) is 0. The van der Waals surface area contributed by atoms with E-state index in [0.29, 0.717) is 26.5 Å². The summed E-state index contributed by atoms with van der Waals surface area (Å²) in [5, 5.41) is 3.44. The van der Waals surface area contributed by atoms with Crippen LogP contribution in [0.1, 0.15) is 36.0 Å². The molecule has 2 aromatic carbocycles. The van der Waals surface area contributed by atoms with Crippen molar-refractivity contribution in [2.45, 2.75) is 31.8 Å². The van der Waals surface area contributed by atoms with Crippen molar-refractivity contribution in [2.75, 3.05) is 5.32 Å². The number of para-hydroxylation sites is 2. The first-order chi connectivity index (χ1) is 11.1. The van der Waals surface area contributed by atoms with Crippen molar-refractivity contribution in [3.63, 3.8) is 0 Å². The van der Waals surface area contributed by atoms with E-state index in [0.717, 1.165) is 12.8 Å². The van der Waals surface area contributed by atoms with Gasteiger partial charge in [0.25, 0.3) is 5.91 Å². The normalized spacial score (nSPS) is 14.7. The number of ether oxygens (including phenoxy) is 1. The number of halogens is 2. The van der Waals surface area contributed by atoms with Gasteiger partial charge in [0, 0.05) is 9.50 Å². The lowest BCUT2D eigenvalue weighted by Crippen LogP contribution is -2.16. The van der Waals surface area contributed by atoms with E-state index in [-0.39, 0.29) is 12.0 Å². The van der Waals surface area contributed by atoms with Crippen LogP contribution in [0.3, 0.4) is 0 Å². The van der Waals surface area contributed by atoms with E-state index in [1.165, 1.54) is 12.8 Å². The van der Waals surface area contributed by atoms with E-state index in [9.17, 15) is 4.79 Å². The molecule has 1 N–H and O–H groups in total.